The Kier molecular flexibility index (Phi) is 5.15. The van der Waals surface area contributed by atoms with E-state index in [4.69, 9.17) is 0 Å². The number of benzene rings is 2. The van der Waals surface area contributed by atoms with E-state index in [1.165, 1.54) is 16.5 Å². The van der Waals surface area contributed by atoms with Crippen LogP contribution in [0, 0.1) is 12.8 Å². The highest BCUT2D eigenvalue weighted by molar-refractivity contribution is 5.89. The molecule has 3 aromatic rings. The van der Waals surface area contributed by atoms with Crippen molar-refractivity contribution in [3.05, 3.63) is 71.4 Å². The summed E-state index contributed by atoms with van der Waals surface area (Å²) in [5.74, 6) is -0.236. The fourth-order valence-electron chi connectivity index (χ4n) is 3.80. The summed E-state index contributed by atoms with van der Waals surface area (Å²) >= 11 is 0. The van der Waals surface area contributed by atoms with Gasteiger partial charge in [0.05, 0.1) is 5.92 Å². The van der Waals surface area contributed by atoms with Gasteiger partial charge in [-0.25, -0.2) is 0 Å². The van der Waals surface area contributed by atoms with Crippen LogP contribution in [-0.4, -0.2) is 34.8 Å². The Morgan fingerprint density at radius 2 is 1.96 bits per heavy atom. The minimum absolute atomic E-state index is 0.0384. The average Bonchev–Trinajstić information content (AvgIpc) is 3.29. The molecule has 1 fully saturated rings. The van der Waals surface area contributed by atoms with Crippen molar-refractivity contribution in [2.75, 3.05) is 13.1 Å². The van der Waals surface area contributed by atoms with Gasteiger partial charge in [0.15, 0.2) is 0 Å². The fourth-order valence-corrected chi connectivity index (χ4v) is 3.80. The molecule has 0 bridgehead atoms. The largest absolute Gasteiger partial charge is 0.361 e. The lowest BCUT2D eigenvalue weighted by atomic mass is 10.1. The van der Waals surface area contributed by atoms with Crippen molar-refractivity contribution in [1.82, 2.24) is 15.2 Å². The Bertz CT molecular complexity index is 991. The first kappa shape index (κ1) is 18.3. The van der Waals surface area contributed by atoms with Crippen molar-refractivity contribution in [3.63, 3.8) is 0 Å². The minimum Gasteiger partial charge on any atom is -0.361 e. The number of aromatic amines is 1. The van der Waals surface area contributed by atoms with Crippen LogP contribution in [0.15, 0.2) is 54.7 Å². The minimum atomic E-state index is -0.263. The number of nitrogens with one attached hydrogen (secondary N) is 2. The number of aryl methyl sites for hydroxylation is 1. The van der Waals surface area contributed by atoms with E-state index >= 15 is 0 Å². The molecule has 0 spiro atoms. The molecule has 5 nitrogen and oxygen atoms in total. The van der Waals surface area contributed by atoms with Gasteiger partial charge in [0.2, 0.25) is 11.8 Å². The lowest BCUT2D eigenvalue weighted by Gasteiger charge is -2.16. The number of hydrogen-bond donors (Lipinski definition) is 2. The van der Waals surface area contributed by atoms with Crippen LogP contribution in [0.1, 0.15) is 23.1 Å². The molecule has 2 aromatic carbocycles. The standard InChI is InChI=1S/C23H25N3O2/c1-16-6-8-17(9-7-16)13-25-23(28)19-12-22(27)26(15-19)11-10-18-14-24-21-5-3-2-4-20(18)21/h2-9,14,19,24H,10-13,15H2,1H3,(H,25,28). The number of likely N-dealkylation sites (tertiary alicyclic amines) is 1. The summed E-state index contributed by atoms with van der Waals surface area (Å²) in [4.78, 5) is 29.9. The average molecular weight is 375 g/mol. The van der Waals surface area contributed by atoms with Gasteiger partial charge in [-0.05, 0) is 30.5 Å². The third kappa shape index (κ3) is 3.93. The molecule has 0 aliphatic carbocycles. The Balaban J connectivity index is 1.30. The van der Waals surface area contributed by atoms with Crippen molar-refractivity contribution < 1.29 is 9.59 Å². The van der Waals surface area contributed by atoms with E-state index in [0.29, 0.717) is 26.1 Å². The predicted molar refractivity (Wildman–Crippen MR) is 110 cm³/mol. The Hall–Kier alpha value is -3.08. The van der Waals surface area contributed by atoms with Gasteiger partial charge in [0.25, 0.3) is 0 Å². The van der Waals surface area contributed by atoms with E-state index in [1.54, 1.807) is 0 Å². The zero-order valence-corrected chi connectivity index (χ0v) is 16.1. The molecule has 1 aliphatic rings. The first-order chi connectivity index (χ1) is 13.6. The summed E-state index contributed by atoms with van der Waals surface area (Å²) in [5.41, 5.74) is 4.58. The highest BCUT2D eigenvalue weighted by atomic mass is 16.2. The monoisotopic (exact) mass is 375 g/mol. The molecule has 1 aliphatic heterocycles. The molecule has 1 unspecified atom stereocenters. The van der Waals surface area contributed by atoms with E-state index in [1.807, 2.05) is 60.5 Å². The van der Waals surface area contributed by atoms with Crippen LogP contribution in [0.5, 0.6) is 0 Å². The van der Waals surface area contributed by atoms with Crippen molar-refractivity contribution in [2.45, 2.75) is 26.3 Å². The first-order valence-corrected chi connectivity index (χ1v) is 9.76. The normalized spacial score (nSPS) is 16.7. The number of aromatic nitrogens is 1. The molecular formula is C23H25N3O2. The van der Waals surface area contributed by atoms with Crippen LogP contribution in [0.3, 0.4) is 0 Å². The summed E-state index contributed by atoms with van der Waals surface area (Å²) in [6, 6.07) is 16.3. The van der Waals surface area contributed by atoms with Crippen LogP contribution in [0.4, 0.5) is 0 Å². The second-order valence-electron chi connectivity index (χ2n) is 7.55. The number of amides is 2. The summed E-state index contributed by atoms with van der Waals surface area (Å²) in [6.45, 7) is 3.68. The van der Waals surface area contributed by atoms with E-state index in [2.05, 4.69) is 16.4 Å². The van der Waals surface area contributed by atoms with E-state index < -0.39 is 0 Å². The number of hydrogen-bond acceptors (Lipinski definition) is 2. The number of carbonyl (C=O) groups is 2. The van der Waals surface area contributed by atoms with Gasteiger partial charge < -0.3 is 15.2 Å². The SMILES string of the molecule is Cc1ccc(CNC(=O)C2CC(=O)N(CCc3c[nH]c4ccccc34)C2)cc1. The molecule has 144 valence electrons. The maximum absolute atomic E-state index is 12.5. The molecule has 28 heavy (non-hydrogen) atoms. The smallest absolute Gasteiger partial charge is 0.225 e. The van der Waals surface area contributed by atoms with Crippen molar-refractivity contribution in [3.8, 4) is 0 Å². The van der Waals surface area contributed by atoms with Crippen LogP contribution in [0.25, 0.3) is 10.9 Å². The van der Waals surface area contributed by atoms with Crippen LogP contribution < -0.4 is 5.32 Å². The van der Waals surface area contributed by atoms with Gasteiger partial charge >= 0.3 is 0 Å². The molecule has 4 rings (SSSR count). The maximum atomic E-state index is 12.5. The summed E-state index contributed by atoms with van der Waals surface area (Å²) in [6.07, 6.45) is 3.10. The Morgan fingerprint density at radius 3 is 2.79 bits per heavy atom. The predicted octanol–water partition coefficient (Wildman–Crippen LogP) is 3.18. The molecule has 1 atom stereocenters. The summed E-state index contributed by atoms with van der Waals surface area (Å²) in [5, 5.41) is 4.17. The third-order valence-corrected chi connectivity index (χ3v) is 5.50. The van der Waals surface area contributed by atoms with E-state index in [-0.39, 0.29) is 17.7 Å². The summed E-state index contributed by atoms with van der Waals surface area (Å²) in [7, 11) is 0. The maximum Gasteiger partial charge on any atom is 0.225 e. The molecule has 1 saturated heterocycles. The third-order valence-electron chi connectivity index (χ3n) is 5.50. The zero-order chi connectivity index (χ0) is 19.5. The second kappa shape index (κ2) is 7.89. The van der Waals surface area contributed by atoms with E-state index in [9.17, 15) is 9.59 Å². The van der Waals surface area contributed by atoms with Gasteiger partial charge in [-0.1, -0.05) is 48.0 Å². The fraction of sp³-hybridized carbons (Fsp3) is 0.304. The Morgan fingerprint density at radius 1 is 1.18 bits per heavy atom. The lowest BCUT2D eigenvalue weighted by molar-refractivity contribution is -0.129. The van der Waals surface area contributed by atoms with Crippen molar-refractivity contribution in [2.24, 2.45) is 5.92 Å². The van der Waals surface area contributed by atoms with Crippen LogP contribution in [-0.2, 0) is 22.6 Å². The van der Waals surface area contributed by atoms with Crippen LogP contribution in [0.2, 0.25) is 0 Å². The quantitative estimate of drug-likeness (QED) is 0.695. The van der Waals surface area contributed by atoms with Gasteiger partial charge in [0, 0.05) is 43.2 Å². The number of fused-ring (bicyclic) bond motifs is 1. The number of carbonyl (C=O) groups excluding carboxylic acids is 2. The van der Waals surface area contributed by atoms with Gasteiger partial charge in [-0.15, -0.1) is 0 Å². The van der Waals surface area contributed by atoms with Crippen molar-refractivity contribution in [1.29, 1.82) is 0 Å². The number of H-pyrrole nitrogens is 1. The molecule has 2 N–H and O–H groups in total. The number of para-hydroxylation sites is 1. The Labute approximate surface area is 164 Å². The molecule has 2 heterocycles. The first-order valence-electron chi connectivity index (χ1n) is 9.76. The van der Waals surface area contributed by atoms with Gasteiger partial charge in [-0.2, -0.15) is 0 Å². The van der Waals surface area contributed by atoms with E-state index in [0.717, 1.165) is 17.5 Å². The summed E-state index contributed by atoms with van der Waals surface area (Å²) < 4.78 is 0. The molecule has 0 saturated carbocycles. The number of rotatable bonds is 6. The molecule has 2 amide bonds. The molecule has 1 aromatic heterocycles. The lowest BCUT2D eigenvalue weighted by Crippen LogP contribution is -2.33. The van der Waals surface area contributed by atoms with Gasteiger partial charge in [0.1, 0.15) is 0 Å². The second-order valence-corrected chi connectivity index (χ2v) is 7.55. The van der Waals surface area contributed by atoms with Crippen molar-refractivity contribution >= 4 is 22.7 Å². The highest BCUT2D eigenvalue weighted by Crippen LogP contribution is 2.22. The van der Waals surface area contributed by atoms with Crippen LogP contribution >= 0.6 is 0 Å². The topological polar surface area (TPSA) is 65.2 Å². The zero-order valence-electron chi connectivity index (χ0n) is 16.1. The number of nitrogens with zero attached hydrogens (tertiary/aromatic N) is 1. The molecular weight excluding hydrogens is 350 g/mol. The van der Waals surface area contributed by atoms with Gasteiger partial charge in [-0.3, -0.25) is 9.59 Å². The molecule has 0 radical (unpaired) electrons. The highest BCUT2D eigenvalue weighted by Gasteiger charge is 2.33. The molecule has 5 heteroatoms.